The van der Waals surface area contributed by atoms with Crippen molar-refractivity contribution in [2.24, 2.45) is 9.98 Å². The Labute approximate surface area is 478 Å². The second-order valence-corrected chi connectivity index (χ2v) is 20.1. The maximum atomic E-state index is 12.3. The van der Waals surface area contributed by atoms with Gasteiger partial charge in [0, 0.05) is 58.9 Å². The maximum Gasteiger partial charge on any atom is 0.437 e. The summed E-state index contributed by atoms with van der Waals surface area (Å²) in [5, 5.41) is 14.7. The zero-order valence-electron chi connectivity index (χ0n) is 54.8. The number of cyclic esters (lactones) is 3. The molecule has 436 valence electrons. The summed E-state index contributed by atoms with van der Waals surface area (Å²) in [6.45, 7) is 4.47. The van der Waals surface area contributed by atoms with Crippen LogP contribution in [0.25, 0.3) is 0 Å². The van der Waals surface area contributed by atoms with Gasteiger partial charge in [0.25, 0.3) is 0 Å². The number of carbonyl (C=O) groups is 8. The Hall–Kier alpha value is -5.39. The molecule has 0 saturated carbocycles. The minimum absolute atomic E-state index is 0. The Balaban J connectivity index is 0. The monoisotopic (exact) mass is 1120 g/mol. The SMILES string of the molecule is [2H]C([2H])([2H])N1CC(=O)OC(C)C/C=C/CCCCC(=O)NC1=NC(=O)OC(C)(C)C.[2H]C([2H])([2H])N1CC(=O)OC(C)CCCCCCCC(=O)NC1=N.[2H]C([2H])([2H])N1CC(=O)OC(C)CCCCCCCC(=O)NC1=NC(=O)OC(C)(C)C.[S-2].[SH-]. The lowest BCUT2D eigenvalue weighted by molar-refractivity contribution is -0.149. The Morgan fingerprint density at radius 3 is 1.33 bits per heavy atom. The molecule has 76 heavy (non-hydrogen) atoms. The first-order valence-electron chi connectivity index (χ1n) is 29.9. The van der Waals surface area contributed by atoms with Crippen molar-refractivity contribution in [3.8, 4) is 0 Å². The van der Waals surface area contributed by atoms with Crippen molar-refractivity contribution in [3.63, 3.8) is 0 Å². The number of hydrogen-bond donors (Lipinski definition) is 4. The fraction of sp³-hybridized carbons (Fsp3) is 0.750. The summed E-state index contributed by atoms with van der Waals surface area (Å²) in [5.74, 6) is -5.51. The molecule has 3 atom stereocenters. The predicted octanol–water partition coefficient (Wildman–Crippen LogP) is 7.15. The molecule has 3 aliphatic rings. The Morgan fingerprint density at radius 1 is 0.566 bits per heavy atom. The Kier molecular flexibility index (Phi) is 29.2. The summed E-state index contributed by atoms with van der Waals surface area (Å²) in [7, 11) is 0. The molecule has 2 fully saturated rings. The quantitative estimate of drug-likeness (QED) is 0.0616. The van der Waals surface area contributed by atoms with Crippen molar-refractivity contribution in [3.05, 3.63) is 12.2 Å². The van der Waals surface area contributed by atoms with E-state index in [1.165, 1.54) is 0 Å². The second kappa shape index (κ2) is 39.0. The normalized spacial score (nSPS) is 25.3. The number of allylic oxidation sites excluding steroid dienone is 1. The third kappa shape index (κ3) is 38.2. The number of nitrogens with one attached hydrogen (secondary N) is 4. The van der Waals surface area contributed by atoms with Crippen LogP contribution in [0.5, 0.6) is 0 Å². The Morgan fingerprint density at radius 2 is 0.921 bits per heavy atom. The summed E-state index contributed by atoms with van der Waals surface area (Å²) in [6, 6.07) is 0. The van der Waals surface area contributed by atoms with Gasteiger partial charge in [-0.3, -0.25) is 50.1 Å². The van der Waals surface area contributed by atoms with E-state index in [0.717, 1.165) is 64.2 Å². The van der Waals surface area contributed by atoms with E-state index in [9.17, 15) is 38.4 Å². The van der Waals surface area contributed by atoms with Crippen LogP contribution in [0.4, 0.5) is 9.59 Å². The van der Waals surface area contributed by atoms with E-state index >= 15 is 0 Å². The molecule has 3 unspecified atom stereocenters. The number of esters is 3. The summed E-state index contributed by atoms with van der Waals surface area (Å²) in [4.78, 5) is 106. The third-order valence-electron chi connectivity index (χ3n) is 10.3. The molecule has 0 aromatic heterocycles. The van der Waals surface area contributed by atoms with Crippen molar-refractivity contribution >= 4 is 92.7 Å². The van der Waals surface area contributed by atoms with Gasteiger partial charge in [-0.1, -0.05) is 50.7 Å². The van der Waals surface area contributed by atoms with Gasteiger partial charge in [-0.15, -0.1) is 9.98 Å². The molecule has 5 amide bonds. The fourth-order valence-electron chi connectivity index (χ4n) is 6.71. The van der Waals surface area contributed by atoms with Crippen molar-refractivity contribution in [2.75, 3.05) is 40.6 Å². The summed E-state index contributed by atoms with van der Waals surface area (Å²) in [5.41, 5.74) is -1.75. The van der Waals surface area contributed by atoms with Crippen molar-refractivity contribution < 1.29 is 74.4 Å². The first-order valence-corrected chi connectivity index (χ1v) is 25.4. The van der Waals surface area contributed by atoms with E-state index in [-0.39, 0.29) is 58.5 Å². The molecule has 0 aliphatic carbocycles. The molecule has 4 N–H and O–H groups in total. The third-order valence-corrected chi connectivity index (χ3v) is 10.3. The molecule has 22 nitrogen and oxygen atoms in total. The number of hydrogen-bond acceptors (Lipinski definition) is 15. The number of ether oxygens (including phenoxy) is 5. The van der Waals surface area contributed by atoms with Gasteiger partial charge in [-0.2, -0.15) is 0 Å². The summed E-state index contributed by atoms with van der Waals surface area (Å²) in [6.07, 6.45) is 13.7. The lowest BCUT2D eigenvalue weighted by atomic mass is 10.1. The number of guanidine groups is 3. The standard InChI is InChI=1S/C19H33N3O5.C19H31N3O5.C14H25N3O3.H2S.S/c2*1-14-11-9-7-6-8-10-12-15(23)20-17(22(5)13-16(24)26-14)21-18(25)27-19(2,3)4;1-11-8-6-4-3-5-7-9-12(18)16-14(15)17(2)10-13(19)20-11;;/h14H,6-13H2,1-5H3,(H,20,21,23,25);7,9,14H,6,8,10-13H2,1-5H3,(H,20,21,23,25);11H,3-10H2,1-2H3,(H2,15,16,18);1H2;/q;;;;-2/p-1/b;9-7+;;;/i2*5D3;2D3;;. The molecule has 0 aromatic rings. The number of amides is 5. The summed E-state index contributed by atoms with van der Waals surface area (Å²) < 4.78 is 94.7. The molecule has 0 radical (unpaired) electrons. The fourth-order valence-corrected chi connectivity index (χ4v) is 6.71. The highest BCUT2D eigenvalue weighted by atomic mass is 32.1. The zero-order chi connectivity index (χ0) is 63.4. The molecule has 3 heterocycles. The van der Waals surface area contributed by atoms with E-state index in [1.54, 1.807) is 62.3 Å². The minimum Gasteiger partial charge on any atom is -2.00 e. The van der Waals surface area contributed by atoms with Gasteiger partial charge < -0.3 is 65.4 Å². The van der Waals surface area contributed by atoms with Crippen LogP contribution in [0, 0.1) is 5.41 Å². The van der Waals surface area contributed by atoms with Crippen LogP contribution in [-0.2, 0) is 79.4 Å². The first kappa shape index (κ1) is 56.8. The van der Waals surface area contributed by atoms with Gasteiger partial charge in [-0.05, 0) is 120 Å². The highest BCUT2D eigenvalue weighted by Gasteiger charge is 2.24. The molecule has 3 rings (SSSR count). The lowest BCUT2D eigenvalue weighted by Gasteiger charge is -2.23. The van der Waals surface area contributed by atoms with Gasteiger partial charge in [0.05, 0.1) is 12.2 Å². The van der Waals surface area contributed by atoms with E-state index in [0.29, 0.717) is 53.2 Å². The van der Waals surface area contributed by atoms with Crippen molar-refractivity contribution in [1.82, 2.24) is 30.7 Å². The lowest BCUT2D eigenvalue weighted by Crippen LogP contribution is -2.45. The van der Waals surface area contributed by atoms with E-state index < -0.39 is 124 Å². The molecular weight excluding hydrogens is 1020 g/mol. The van der Waals surface area contributed by atoms with Crippen LogP contribution in [-0.4, -0.2) is 150 Å². The van der Waals surface area contributed by atoms with Gasteiger partial charge in [0.15, 0.2) is 5.96 Å². The largest absolute Gasteiger partial charge is 2.00 e. The number of carbonyl (C=O) groups excluding carboxylic acids is 8. The average Bonchev–Trinajstić information content (AvgIpc) is 3.43. The van der Waals surface area contributed by atoms with Crippen LogP contribution in [0.15, 0.2) is 22.1 Å². The molecular formula is C52H90N9O13S2-3. The van der Waals surface area contributed by atoms with Crippen molar-refractivity contribution in [1.29, 1.82) is 5.41 Å². The minimum atomic E-state index is -2.87. The number of nitrogens with zero attached hydrogens (tertiary/aromatic N) is 5. The van der Waals surface area contributed by atoms with Gasteiger partial charge in [0.1, 0.15) is 36.9 Å². The smallest absolute Gasteiger partial charge is 0.437 e. The van der Waals surface area contributed by atoms with Gasteiger partial charge >= 0.3 is 30.1 Å². The topological polar surface area (TPSA) is 277 Å². The summed E-state index contributed by atoms with van der Waals surface area (Å²) >= 11 is 0. The molecule has 0 bridgehead atoms. The number of thiol groups is 1. The van der Waals surface area contributed by atoms with Crippen LogP contribution in [0.2, 0.25) is 0 Å². The van der Waals surface area contributed by atoms with Gasteiger partial charge in [0.2, 0.25) is 29.6 Å². The van der Waals surface area contributed by atoms with E-state index in [2.05, 4.69) is 25.9 Å². The molecule has 0 aromatic carbocycles. The van der Waals surface area contributed by atoms with Crippen LogP contribution in [0.3, 0.4) is 0 Å². The maximum absolute atomic E-state index is 12.3. The van der Waals surface area contributed by atoms with Crippen LogP contribution < -0.4 is 16.0 Å². The molecule has 3 aliphatic heterocycles. The Bertz CT molecular complexity index is 2230. The van der Waals surface area contributed by atoms with Gasteiger partial charge in [-0.25, -0.2) is 9.59 Å². The predicted molar refractivity (Wildman–Crippen MR) is 297 cm³/mol. The highest BCUT2D eigenvalue weighted by molar-refractivity contribution is 7.37. The molecule has 2 saturated heterocycles. The average molecular weight is 1120 g/mol. The van der Waals surface area contributed by atoms with Crippen molar-refractivity contribution in [2.45, 2.75) is 214 Å². The second-order valence-electron chi connectivity index (χ2n) is 20.1. The van der Waals surface area contributed by atoms with Crippen LogP contribution >= 0.6 is 0 Å². The first-order chi connectivity index (χ1) is 38.2. The highest BCUT2D eigenvalue weighted by Crippen LogP contribution is 2.15. The molecule has 24 heteroatoms. The number of rotatable bonds is 0. The zero-order valence-corrected chi connectivity index (χ0v) is 47.6. The van der Waals surface area contributed by atoms with E-state index in [4.69, 9.17) is 41.4 Å². The number of aliphatic imine (C=N–C) groups is 2. The molecule has 0 spiro atoms. The number of likely N-dealkylation sites (N-methyl/N-ethyl adjacent to an activating group) is 3. The van der Waals surface area contributed by atoms with Crippen LogP contribution in [0.1, 0.15) is 197 Å². The van der Waals surface area contributed by atoms with E-state index in [1.807, 2.05) is 12.2 Å².